The summed E-state index contributed by atoms with van der Waals surface area (Å²) in [7, 11) is 0. The zero-order valence-corrected chi connectivity index (χ0v) is 11.9. The van der Waals surface area contributed by atoms with Crippen molar-refractivity contribution in [3.63, 3.8) is 0 Å². The normalized spacial score (nSPS) is 19.0. The number of benzene rings is 1. The molecule has 0 unspecified atom stereocenters. The summed E-state index contributed by atoms with van der Waals surface area (Å²) in [6.45, 7) is 1.16. The maximum Gasteiger partial charge on any atom is 0.522 e. The predicted octanol–water partition coefficient (Wildman–Crippen LogP) is 2.76. The van der Waals surface area contributed by atoms with Crippen molar-refractivity contribution in [1.29, 1.82) is 0 Å². The largest absolute Gasteiger partial charge is 0.522 e. The van der Waals surface area contributed by atoms with Crippen LogP contribution >= 0.6 is 0 Å². The minimum Gasteiger partial charge on any atom is -0.493 e. The van der Waals surface area contributed by atoms with Crippen LogP contribution in [-0.4, -0.2) is 43.0 Å². The number of fused-ring (bicyclic) bond motifs is 1. The number of nitrogens with zero attached hydrogens (tertiary/aromatic N) is 1. The van der Waals surface area contributed by atoms with E-state index < -0.39 is 12.5 Å². The average Bonchev–Trinajstić information content (AvgIpc) is 2.93. The molecule has 0 N–H and O–H groups in total. The third kappa shape index (κ3) is 3.35. The minimum absolute atomic E-state index is 0.153. The molecule has 7 heteroatoms. The van der Waals surface area contributed by atoms with Crippen LogP contribution in [0.4, 0.5) is 13.2 Å². The quantitative estimate of drug-likeness (QED) is 0.842. The van der Waals surface area contributed by atoms with Gasteiger partial charge in [-0.15, -0.1) is 13.2 Å². The first-order valence-corrected chi connectivity index (χ1v) is 7.22. The summed E-state index contributed by atoms with van der Waals surface area (Å²) in [4.78, 5) is 14.0. The number of rotatable bonds is 2. The second kappa shape index (κ2) is 5.79. The van der Waals surface area contributed by atoms with Crippen LogP contribution in [-0.2, 0) is 11.2 Å². The van der Waals surface area contributed by atoms with E-state index in [9.17, 15) is 18.0 Å². The van der Waals surface area contributed by atoms with E-state index in [1.807, 2.05) is 6.07 Å². The highest BCUT2D eigenvalue weighted by atomic mass is 19.4. The number of hydrogen-bond donors (Lipinski definition) is 0. The Balaban J connectivity index is 1.60. The molecule has 22 heavy (non-hydrogen) atoms. The van der Waals surface area contributed by atoms with E-state index in [1.165, 1.54) is 0 Å². The van der Waals surface area contributed by atoms with Crippen molar-refractivity contribution in [2.24, 2.45) is 0 Å². The monoisotopic (exact) mass is 315 g/mol. The lowest BCUT2D eigenvalue weighted by Gasteiger charge is -2.32. The van der Waals surface area contributed by atoms with Crippen molar-refractivity contribution < 1.29 is 27.4 Å². The molecule has 0 aliphatic carbocycles. The van der Waals surface area contributed by atoms with Crippen LogP contribution in [0.15, 0.2) is 18.2 Å². The Labute approximate surface area is 125 Å². The summed E-state index contributed by atoms with van der Waals surface area (Å²) in [6.07, 6.45) is -4.31. The topological polar surface area (TPSA) is 38.8 Å². The number of carbonyl (C=O) groups is 1. The van der Waals surface area contributed by atoms with Crippen molar-refractivity contribution in [2.45, 2.75) is 31.7 Å². The van der Waals surface area contributed by atoms with Crippen LogP contribution in [0, 0.1) is 0 Å². The number of halogens is 3. The van der Waals surface area contributed by atoms with Gasteiger partial charge in [-0.1, -0.05) is 0 Å². The van der Waals surface area contributed by atoms with E-state index in [-0.39, 0.29) is 31.8 Å². The van der Waals surface area contributed by atoms with Gasteiger partial charge in [-0.3, -0.25) is 9.53 Å². The molecule has 2 aliphatic rings. The molecule has 1 aromatic carbocycles. The van der Waals surface area contributed by atoms with Gasteiger partial charge in [0.25, 0.3) is 5.91 Å². The Morgan fingerprint density at radius 3 is 2.68 bits per heavy atom. The maximum absolute atomic E-state index is 12.4. The van der Waals surface area contributed by atoms with Gasteiger partial charge < -0.3 is 9.64 Å². The lowest BCUT2D eigenvalue weighted by atomic mass is 10.0. The highest BCUT2D eigenvalue weighted by molar-refractivity contribution is 5.94. The fraction of sp³-hybridized carbons (Fsp3) is 0.533. The summed E-state index contributed by atoms with van der Waals surface area (Å²) in [5.41, 5.74) is 1.56. The Kier molecular flexibility index (Phi) is 3.99. The molecule has 1 aromatic rings. The molecule has 0 bridgehead atoms. The van der Waals surface area contributed by atoms with Gasteiger partial charge in [0, 0.05) is 25.1 Å². The van der Waals surface area contributed by atoms with Gasteiger partial charge in [0.15, 0.2) is 0 Å². The molecule has 0 spiro atoms. The van der Waals surface area contributed by atoms with Gasteiger partial charge in [-0.2, -0.15) is 0 Å². The van der Waals surface area contributed by atoms with Crippen molar-refractivity contribution >= 4 is 5.91 Å². The zero-order chi connectivity index (χ0) is 15.7. The van der Waals surface area contributed by atoms with Crippen molar-refractivity contribution in [2.75, 3.05) is 19.7 Å². The van der Waals surface area contributed by atoms with Gasteiger partial charge >= 0.3 is 6.36 Å². The Bertz CT molecular complexity index is 566. The number of piperidine rings is 1. The van der Waals surface area contributed by atoms with Crippen LogP contribution in [0.5, 0.6) is 5.75 Å². The third-order valence-corrected chi connectivity index (χ3v) is 3.97. The maximum atomic E-state index is 12.4. The van der Waals surface area contributed by atoms with Crippen LogP contribution in [0.2, 0.25) is 0 Å². The summed E-state index contributed by atoms with van der Waals surface area (Å²) in [5, 5.41) is 0. The SMILES string of the molecule is O=C(c1ccc2c(c1)CCO2)N1CCC(OC(F)(F)F)CC1. The highest BCUT2D eigenvalue weighted by Gasteiger charge is 2.35. The van der Waals surface area contributed by atoms with E-state index in [4.69, 9.17) is 4.74 Å². The van der Waals surface area contributed by atoms with Crippen molar-refractivity contribution in [3.05, 3.63) is 29.3 Å². The Morgan fingerprint density at radius 1 is 1.27 bits per heavy atom. The van der Waals surface area contributed by atoms with Gasteiger partial charge in [0.05, 0.1) is 12.7 Å². The zero-order valence-electron chi connectivity index (χ0n) is 11.9. The number of likely N-dealkylation sites (tertiary alicyclic amines) is 1. The van der Waals surface area contributed by atoms with E-state index in [2.05, 4.69) is 4.74 Å². The molecule has 2 heterocycles. The molecule has 0 atom stereocenters. The van der Waals surface area contributed by atoms with Crippen LogP contribution in [0.25, 0.3) is 0 Å². The van der Waals surface area contributed by atoms with Gasteiger partial charge in [0.1, 0.15) is 5.75 Å². The van der Waals surface area contributed by atoms with E-state index in [1.54, 1.807) is 17.0 Å². The van der Waals surface area contributed by atoms with E-state index in [0.717, 1.165) is 17.7 Å². The van der Waals surface area contributed by atoms with Crippen molar-refractivity contribution in [1.82, 2.24) is 4.90 Å². The van der Waals surface area contributed by atoms with E-state index in [0.29, 0.717) is 12.2 Å². The molecule has 120 valence electrons. The number of hydrogen-bond acceptors (Lipinski definition) is 3. The molecule has 1 saturated heterocycles. The summed E-state index contributed by atoms with van der Waals surface area (Å²) in [5.74, 6) is 0.647. The Hall–Kier alpha value is -1.76. The first-order valence-electron chi connectivity index (χ1n) is 7.22. The smallest absolute Gasteiger partial charge is 0.493 e. The molecule has 0 saturated carbocycles. The Morgan fingerprint density at radius 2 is 2.00 bits per heavy atom. The molecule has 4 nitrogen and oxygen atoms in total. The molecule has 1 fully saturated rings. The van der Waals surface area contributed by atoms with Gasteiger partial charge in [-0.25, -0.2) is 0 Å². The lowest BCUT2D eigenvalue weighted by Crippen LogP contribution is -2.42. The number of alkyl halides is 3. The van der Waals surface area contributed by atoms with Gasteiger partial charge in [0.2, 0.25) is 0 Å². The highest BCUT2D eigenvalue weighted by Crippen LogP contribution is 2.28. The average molecular weight is 315 g/mol. The van der Waals surface area contributed by atoms with Gasteiger partial charge in [-0.05, 0) is 36.6 Å². The second-order valence-electron chi connectivity index (χ2n) is 5.48. The van der Waals surface area contributed by atoms with Crippen LogP contribution in [0.1, 0.15) is 28.8 Å². The lowest BCUT2D eigenvalue weighted by molar-refractivity contribution is -0.345. The second-order valence-corrected chi connectivity index (χ2v) is 5.48. The van der Waals surface area contributed by atoms with Crippen LogP contribution in [0.3, 0.4) is 0 Å². The number of ether oxygens (including phenoxy) is 2. The molecule has 3 rings (SSSR count). The number of carbonyl (C=O) groups excluding carboxylic acids is 1. The molecule has 0 aromatic heterocycles. The van der Waals surface area contributed by atoms with Crippen LogP contribution < -0.4 is 4.74 Å². The fourth-order valence-corrected chi connectivity index (χ4v) is 2.87. The summed E-state index contributed by atoms with van der Waals surface area (Å²) >= 11 is 0. The fourth-order valence-electron chi connectivity index (χ4n) is 2.87. The molecule has 2 aliphatic heterocycles. The minimum atomic E-state index is -4.61. The first kappa shape index (κ1) is 15.1. The van der Waals surface area contributed by atoms with Crippen molar-refractivity contribution in [3.8, 4) is 5.75 Å². The molecular weight excluding hydrogens is 299 g/mol. The molecule has 0 radical (unpaired) electrons. The standard InChI is InChI=1S/C15H16F3NO3/c16-15(17,18)22-12-3-6-19(7-4-12)14(20)11-1-2-13-10(9-11)5-8-21-13/h1-2,9,12H,3-8H2. The number of amides is 1. The molecular formula is C15H16F3NO3. The summed E-state index contributed by atoms with van der Waals surface area (Å²) in [6, 6.07) is 5.28. The summed E-state index contributed by atoms with van der Waals surface area (Å²) < 4.78 is 45.9. The molecule has 1 amide bonds. The first-order chi connectivity index (χ1) is 10.4. The predicted molar refractivity (Wildman–Crippen MR) is 71.7 cm³/mol. The van der Waals surface area contributed by atoms with E-state index >= 15 is 0 Å². The third-order valence-electron chi connectivity index (χ3n) is 3.97.